The molecule has 98 valence electrons. The zero-order valence-electron chi connectivity index (χ0n) is 10.4. The van der Waals surface area contributed by atoms with Gasteiger partial charge in [-0.3, -0.25) is 4.79 Å². The van der Waals surface area contributed by atoms with Gasteiger partial charge in [0.05, 0.1) is 5.56 Å². The van der Waals surface area contributed by atoms with E-state index in [1.807, 2.05) is 0 Å². The predicted molar refractivity (Wildman–Crippen MR) is 70.9 cm³/mol. The lowest BCUT2D eigenvalue weighted by Gasteiger charge is -2.16. The highest BCUT2D eigenvalue weighted by molar-refractivity contribution is 5.45. The number of rotatable bonds is 2. The summed E-state index contributed by atoms with van der Waals surface area (Å²) in [6.45, 7) is 0.847. The van der Waals surface area contributed by atoms with Gasteiger partial charge in [-0.25, -0.2) is 9.37 Å². The molecule has 0 spiro atoms. The van der Waals surface area contributed by atoms with Crippen LogP contribution in [0.25, 0.3) is 0 Å². The van der Waals surface area contributed by atoms with Crippen LogP contribution in [0.1, 0.15) is 23.4 Å². The highest BCUT2D eigenvalue weighted by Crippen LogP contribution is 2.16. The standard InChI is InChI=1S/C14H14FN3O/c15-10-5-3-9(4-6-10)8-12-17-13-11(14(19)18-12)2-1-7-16-13/h3-6H,1-2,7-8H2,(H2,16,17,18,19). The number of nitrogens with zero attached hydrogens (tertiary/aromatic N) is 1. The Kier molecular flexibility index (Phi) is 3.03. The smallest absolute Gasteiger partial charge is 0.256 e. The first-order valence-electron chi connectivity index (χ1n) is 6.33. The second kappa shape index (κ2) is 4.84. The van der Waals surface area contributed by atoms with Crippen LogP contribution >= 0.6 is 0 Å². The quantitative estimate of drug-likeness (QED) is 0.865. The maximum atomic E-state index is 12.8. The van der Waals surface area contributed by atoms with Gasteiger partial charge >= 0.3 is 0 Å². The van der Waals surface area contributed by atoms with Gasteiger partial charge in [0.25, 0.3) is 5.56 Å². The van der Waals surface area contributed by atoms with Gasteiger partial charge in [-0.2, -0.15) is 0 Å². The SMILES string of the molecule is O=c1[nH]c(Cc2ccc(F)cc2)nc2c1CCCN2. The molecule has 4 nitrogen and oxygen atoms in total. The van der Waals surface area contributed by atoms with Crippen LogP contribution in [-0.4, -0.2) is 16.5 Å². The Morgan fingerprint density at radius 3 is 2.84 bits per heavy atom. The van der Waals surface area contributed by atoms with Gasteiger partial charge in [0.2, 0.25) is 0 Å². The van der Waals surface area contributed by atoms with E-state index in [0.717, 1.165) is 30.5 Å². The van der Waals surface area contributed by atoms with Crippen LogP contribution in [0.3, 0.4) is 0 Å². The number of anilines is 1. The largest absolute Gasteiger partial charge is 0.370 e. The number of hydrogen-bond donors (Lipinski definition) is 2. The molecule has 0 saturated carbocycles. The third kappa shape index (κ3) is 2.50. The van der Waals surface area contributed by atoms with E-state index in [1.165, 1.54) is 12.1 Å². The molecule has 0 atom stereocenters. The van der Waals surface area contributed by atoms with Crippen LogP contribution in [0.5, 0.6) is 0 Å². The van der Waals surface area contributed by atoms with Crippen molar-refractivity contribution in [3.63, 3.8) is 0 Å². The Balaban J connectivity index is 1.91. The molecule has 1 aromatic heterocycles. The number of hydrogen-bond acceptors (Lipinski definition) is 3. The number of nitrogens with one attached hydrogen (secondary N) is 2. The zero-order chi connectivity index (χ0) is 13.2. The van der Waals surface area contributed by atoms with Crippen LogP contribution in [0.4, 0.5) is 10.2 Å². The maximum absolute atomic E-state index is 12.8. The highest BCUT2D eigenvalue weighted by atomic mass is 19.1. The molecule has 0 amide bonds. The van der Waals surface area contributed by atoms with Crippen molar-refractivity contribution in [3.05, 3.63) is 57.4 Å². The summed E-state index contributed by atoms with van der Waals surface area (Å²) in [7, 11) is 0. The lowest BCUT2D eigenvalue weighted by molar-refractivity contribution is 0.627. The van der Waals surface area contributed by atoms with Gasteiger partial charge in [-0.1, -0.05) is 12.1 Å². The minimum absolute atomic E-state index is 0.0747. The predicted octanol–water partition coefficient (Wildman–Crippen LogP) is 1.86. The minimum Gasteiger partial charge on any atom is -0.370 e. The van der Waals surface area contributed by atoms with Crippen molar-refractivity contribution in [2.45, 2.75) is 19.3 Å². The van der Waals surface area contributed by atoms with Crippen LogP contribution in [-0.2, 0) is 12.8 Å². The van der Waals surface area contributed by atoms with Crippen molar-refractivity contribution < 1.29 is 4.39 Å². The van der Waals surface area contributed by atoms with Crippen molar-refractivity contribution in [1.29, 1.82) is 0 Å². The summed E-state index contributed by atoms with van der Waals surface area (Å²) in [5.41, 5.74) is 1.57. The first kappa shape index (κ1) is 11.9. The van der Waals surface area contributed by atoms with Gasteiger partial charge < -0.3 is 10.3 Å². The van der Waals surface area contributed by atoms with E-state index in [4.69, 9.17) is 0 Å². The molecule has 0 unspecified atom stereocenters. The summed E-state index contributed by atoms with van der Waals surface area (Å²) in [5.74, 6) is 1.02. The molecule has 2 N–H and O–H groups in total. The Labute approximate surface area is 109 Å². The second-order valence-electron chi connectivity index (χ2n) is 4.67. The first-order chi connectivity index (χ1) is 9.22. The van der Waals surface area contributed by atoms with Gasteiger partial charge in [-0.05, 0) is 30.5 Å². The lowest BCUT2D eigenvalue weighted by atomic mass is 10.1. The monoisotopic (exact) mass is 259 g/mol. The fourth-order valence-electron chi connectivity index (χ4n) is 2.27. The molecular formula is C14H14FN3O. The number of fused-ring (bicyclic) bond motifs is 1. The first-order valence-corrected chi connectivity index (χ1v) is 6.33. The third-order valence-corrected chi connectivity index (χ3v) is 3.25. The number of aromatic nitrogens is 2. The number of H-pyrrole nitrogens is 1. The maximum Gasteiger partial charge on any atom is 0.256 e. The molecule has 0 aliphatic carbocycles. The Bertz CT molecular complexity index is 649. The Morgan fingerprint density at radius 2 is 2.05 bits per heavy atom. The van der Waals surface area contributed by atoms with Crippen LogP contribution in [0.2, 0.25) is 0 Å². The molecule has 1 aromatic carbocycles. The number of benzene rings is 1. The normalized spacial score (nSPS) is 13.7. The van der Waals surface area contributed by atoms with E-state index in [1.54, 1.807) is 12.1 Å². The number of aromatic amines is 1. The van der Waals surface area contributed by atoms with E-state index in [0.29, 0.717) is 18.1 Å². The molecular weight excluding hydrogens is 245 g/mol. The number of halogens is 1. The van der Waals surface area contributed by atoms with Crippen molar-refractivity contribution in [2.24, 2.45) is 0 Å². The molecule has 1 aliphatic rings. The Hall–Kier alpha value is -2.17. The van der Waals surface area contributed by atoms with Crippen molar-refractivity contribution >= 4 is 5.82 Å². The molecule has 0 radical (unpaired) electrons. The molecule has 2 heterocycles. The van der Waals surface area contributed by atoms with Gasteiger partial charge in [0.1, 0.15) is 17.5 Å². The van der Waals surface area contributed by atoms with Gasteiger partial charge in [0.15, 0.2) is 0 Å². The molecule has 3 rings (SSSR count). The molecule has 1 aliphatic heterocycles. The fraction of sp³-hybridized carbons (Fsp3) is 0.286. The van der Waals surface area contributed by atoms with E-state index in [-0.39, 0.29) is 11.4 Å². The van der Waals surface area contributed by atoms with Crippen molar-refractivity contribution in [1.82, 2.24) is 9.97 Å². The molecule has 2 aromatic rings. The van der Waals surface area contributed by atoms with Crippen molar-refractivity contribution in [2.75, 3.05) is 11.9 Å². The average molecular weight is 259 g/mol. The average Bonchev–Trinajstić information content (AvgIpc) is 2.42. The van der Waals surface area contributed by atoms with E-state index < -0.39 is 0 Å². The van der Waals surface area contributed by atoms with E-state index in [9.17, 15) is 9.18 Å². The van der Waals surface area contributed by atoms with Gasteiger partial charge in [0, 0.05) is 13.0 Å². The van der Waals surface area contributed by atoms with Crippen LogP contribution < -0.4 is 10.9 Å². The summed E-state index contributed by atoms with van der Waals surface area (Å²) in [6.07, 6.45) is 2.21. The summed E-state index contributed by atoms with van der Waals surface area (Å²) in [5, 5.41) is 3.15. The molecule has 5 heteroatoms. The summed E-state index contributed by atoms with van der Waals surface area (Å²) in [6, 6.07) is 6.21. The molecule has 19 heavy (non-hydrogen) atoms. The topological polar surface area (TPSA) is 57.8 Å². The fourth-order valence-corrected chi connectivity index (χ4v) is 2.27. The summed E-state index contributed by atoms with van der Waals surface area (Å²) >= 11 is 0. The summed E-state index contributed by atoms with van der Waals surface area (Å²) in [4.78, 5) is 19.2. The Morgan fingerprint density at radius 1 is 1.26 bits per heavy atom. The minimum atomic E-state index is -0.266. The van der Waals surface area contributed by atoms with E-state index >= 15 is 0 Å². The molecule has 0 saturated heterocycles. The highest BCUT2D eigenvalue weighted by Gasteiger charge is 2.15. The van der Waals surface area contributed by atoms with Gasteiger partial charge in [-0.15, -0.1) is 0 Å². The van der Waals surface area contributed by atoms with E-state index in [2.05, 4.69) is 15.3 Å². The third-order valence-electron chi connectivity index (χ3n) is 3.25. The van der Waals surface area contributed by atoms with Crippen LogP contribution in [0.15, 0.2) is 29.1 Å². The molecule has 0 bridgehead atoms. The second-order valence-corrected chi connectivity index (χ2v) is 4.67. The zero-order valence-corrected chi connectivity index (χ0v) is 10.4. The van der Waals surface area contributed by atoms with Crippen molar-refractivity contribution in [3.8, 4) is 0 Å². The summed E-state index contributed by atoms with van der Waals surface area (Å²) < 4.78 is 12.8. The lowest BCUT2D eigenvalue weighted by Crippen LogP contribution is -2.25. The molecule has 0 fully saturated rings. The van der Waals surface area contributed by atoms with Crippen LogP contribution in [0, 0.1) is 5.82 Å².